The molecule has 0 aliphatic rings. The second-order valence-electron chi connectivity index (χ2n) is 4.33. The van der Waals surface area contributed by atoms with Gasteiger partial charge < -0.3 is 11.1 Å². The van der Waals surface area contributed by atoms with Crippen molar-refractivity contribution in [2.24, 2.45) is 0 Å². The van der Waals surface area contributed by atoms with E-state index in [1.54, 1.807) is 17.4 Å². The highest BCUT2D eigenvalue weighted by Gasteiger charge is 2.07. The van der Waals surface area contributed by atoms with Crippen molar-refractivity contribution in [3.8, 4) is 0 Å². The van der Waals surface area contributed by atoms with Crippen LogP contribution in [0, 0.1) is 13.8 Å². The summed E-state index contributed by atoms with van der Waals surface area (Å²) >= 11 is 1.69. The maximum absolute atomic E-state index is 12.0. The third kappa shape index (κ3) is 3.11. The molecule has 0 aliphatic carbocycles. The van der Waals surface area contributed by atoms with E-state index in [1.807, 2.05) is 25.1 Å². The zero-order valence-corrected chi connectivity index (χ0v) is 11.3. The first kappa shape index (κ1) is 12.6. The lowest BCUT2D eigenvalue weighted by atomic mass is 10.1. The van der Waals surface area contributed by atoms with Gasteiger partial charge in [0, 0.05) is 21.0 Å². The third-order valence-corrected chi connectivity index (χ3v) is 3.58. The topological polar surface area (TPSA) is 55.1 Å². The molecule has 0 spiro atoms. The largest absolute Gasteiger partial charge is 0.399 e. The van der Waals surface area contributed by atoms with Gasteiger partial charge in [-0.1, -0.05) is 0 Å². The first-order valence-corrected chi connectivity index (χ1v) is 6.57. The molecule has 18 heavy (non-hydrogen) atoms. The predicted molar refractivity (Wildman–Crippen MR) is 75.8 cm³/mol. The van der Waals surface area contributed by atoms with Crippen molar-refractivity contribution in [1.29, 1.82) is 0 Å². The summed E-state index contributed by atoms with van der Waals surface area (Å²) in [4.78, 5) is 14.4. The van der Waals surface area contributed by atoms with Crippen molar-refractivity contribution in [3.63, 3.8) is 0 Å². The van der Waals surface area contributed by atoms with Crippen LogP contribution in [-0.4, -0.2) is 5.91 Å². The first-order chi connectivity index (χ1) is 8.54. The summed E-state index contributed by atoms with van der Waals surface area (Å²) in [5, 5.41) is 2.90. The van der Waals surface area contributed by atoms with Crippen LogP contribution in [0.5, 0.6) is 0 Å². The monoisotopic (exact) mass is 260 g/mol. The van der Waals surface area contributed by atoms with E-state index in [4.69, 9.17) is 5.73 Å². The number of amides is 1. The molecule has 0 unspecified atom stereocenters. The smallest absolute Gasteiger partial charge is 0.251 e. The summed E-state index contributed by atoms with van der Waals surface area (Å²) in [5.41, 5.74) is 7.95. The molecule has 0 saturated heterocycles. The molecule has 3 nitrogen and oxygen atoms in total. The van der Waals surface area contributed by atoms with Crippen molar-refractivity contribution in [1.82, 2.24) is 5.32 Å². The zero-order valence-electron chi connectivity index (χ0n) is 10.5. The molecule has 3 N–H and O–H groups in total. The van der Waals surface area contributed by atoms with E-state index in [9.17, 15) is 4.79 Å². The summed E-state index contributed by atoms with van der Waals surface area (Å²) in [6, 6.07) is 9.47. The van der Waals surface area contributed by atoms with Gasteiger partial charge in [0.1, 0.15) is 0 Å². The highest BCUT2D eigenvalue weighted by Crippen LogP contribution is 2.15. The van der Waals surface area contributed by atoms with Gasteiger partial charge >= 0.3 is 0 Å². The molecular formula is C14H16N2OS. The standard InChI is InChI=1S/C14H16N2OS/c1-9-5-11(7-12(15)6-9)14(17)16-8-13-4-3-10(2)18-13/h3-7H,8,15H2,1-2H3,(H,16,17). The fourth-order valence-electron chi connectivity index (χ4n) is 1.79. The lowest BCUT2D eigenvalue weighted by molar-refractivity contribution is 0.0951. The van der Waals surface area contributed by atoms with E-state index in [0.717, 1.165) is 10.4 Å². The van der Waals surface area contributed by atoms with E-state index < -0.39 is 0 Å². The van der Waals surface area contributed by atoms with Gasteiger partial charge in [0.2, 0.25) is 0 Å². The number of nitrogen functional groups attached to an aromatic ring is 1. The molecule has 0 bridgehead atoms. The van der Waals surface area contributed by atoms with Crippen molar-refractivity contribution in [2.45, 2.75) is 20.4 Å². The molecular weight excluding hydrogens is 244 g/mol. The molecule has 0 saturated carbocycles. The Morgan fingerprint density at radius 2 is 2.06 bits per heavy atom. The molecule has 1 amide bonds. The molecule has 0 aliphatic heterocycles. The predicted octanol–water partition coefficient (Wildman–Crippen LogP) is 2.88. The van der Waals surface area contributed by atoms with Crippen LogP contribution < -0.4 is 11.1 Å². The Balaban J connectivity index is 2.03. The SMILES string of the molecule is Cc1cc(N)cc(C(=O)NCc2ccc(C)s2)c1. The van der Waals surface area contributed by atoms with Crippen molar-refractivity contribution in [2.75, 3.05) is 5.73 Å². The highest BCUT2D eigenvalue weighted by atomic mass is 32.1. The number of aryl methyl sites for hydroxylation is 2. The number of hydrogen-bond donors (Lipinski definition) is 2. The Kier molecular flexibility index (Phi) is 3.67. The Bertz CT molecular complexity index is 555. The Labute approximate surface area is 111 Å². The minimum atomic E-state index is -0.0866. The average molecular weight is 260 g/mol. The van der Waals surface area contributed by atoms with Gasteiger partial charge in [-0.2, -0.15) is 0 Å². The second-order valence-corrected chi connectivity index (χ2v) is 5.70. The van der Waals surface area contributed by atoms with Gasteiger partial charge in [-0.25, -0.2) is 0 Å². The number of hydrogen-bond acceptors (Lipinski definition) is 3. The van der Waals surface area contributed by atoms with Crippen LogP contribution in [0.15, 0.2) is 30.3 Å². The lowest BCUT2D eigenvalue weighted by Gasteiger charge is -2.06. The van der Waals surface area contributed by atoms with Gasteiger partial charge in [0.05, 0.1) is 6.54 Å². The maximum Gasteiger partial charge on any atom is 0.251 e. The molecule has 0 radical (unpaired) electrons. The van der Waals surface area contributed by atoms with Gasteiger partial charge in [0.25, 0.3) is 5.91 Å². The fraction of sp³-hybridized carbons (Fsp3) is 0.214. The number of benzene rings is 1. The van der Waals surface area contributed by atoms with E-state index in [0.29, 0.717) is 17.8 Å². The van der Waals surface area contributed by atoms with Gasteiger partial charge in [-0.15, -0.1) is 11.3 Å². The number of anilines is 1. The van der Waals surface area contributed by atoms with Gasteiger partial charge in [-0.3, -0.25) is 4.79 Å². The summed E-state index contributed by atoms with van der Waals surface area (Å²) < 4.78 is 0. The lowest BCUT2D eigenvalue weighted by Crippen LogP contribution is -2.22. The second kappa shape index (κ2) is 5.23. The average Bonchev–Trinajstić information content (AvgIpc) is 2.70. The number of carbonyl (C=O) groups is 1. The molecule has 4 heteroatoms. The van der Waals surface area contributed by atoms with Crippen LogP contribution in [0.3, 0.4) is 0 Å². The van der Waals surface area contributed by atoms with Gasteiger partial charge in [-0.05, 0) is 49.7 Å². The molecule has 0 atom stereocenters. The Morgan fingerprint density at radius 3 is 2.67 bits per heavy atom. The van der Waals surface area contributed by atoms with Crippen molar-refractivity contribution < 1.29 is 4.79 Å². The summed E-state index contributed by atoms with van der Waals surface area (Å²) in [6.45, 7) is 4.54. The Morgan fingerprint density at radius 1 is 1.28 bits per heavy atom. The molecule has 1 aromatic heterocycles. The van der Waals surface area contributed by atoms with Crippen LogP contribution in [0.4, 0.5) is 5.69 Å². The number of rotatable bonds is 3. The zero-order chi connectivity index (χ0) is 13.1. The van der Waals surface area contributed by atoms with E-state index in [2.05, 4.69) is 18.3 Å². The first-order valence-electron chi connectivity index (χ1n) is 5.75. The van der Waals surface area contributed by atoms with E-state index >= 15 is 0 Å². The third-order valence-electron chi connectivity index (χ3n) is 2.58. The van der Waals surface area contributed by atoms with E-state index in [-0.39, 0.29) is 5.91 Å². The molecule has 94 valence electrons. The van der Waals surface area contributed by atoms with Crippen molar-refractivity contribution >= 4 is 22.9 Å². The highest BCUT2D eigenvalue weighted by molar-refractivity contribution is 7.11. The van der Waals surface area contributed by atoms with Crippen LogP contribution in [0.1, 0.15) is 25.7 Å². The number of nitrogens with two attached hydrogens (primary N) is 1. The quantitative estimate of drug-likeness (QED) is 0.834. The minimum absolute atomic E-state index is 0.0866. The molecule has 2 rings (SSSR count). The summed E-state index contributed by atoms with van der Waals surface area (Å²) in [7, 11) is 0. The minimum Gasteiger partial charge on any atom is -0.399 e. The van der Waals surface area contributed by atoms with E-state index in [1.165, 1.54) is 4.88 Å². The fourth-order valence-corrected chi connectivity index (χ4v) is 2.62. The molecule has 0 fully saturated rings. The number of carbonyl (C=O) groups excluding carboxylic acids is 1. The Hall–Kier alpha value is -1.81. The normalized spacial score (nSPS) is 10.3. The van der Waals surface area contributed by atoms with Crippen LogP contribution in [0.25, 0.3) is 0 Å². The van der Waals surface area contributed by atoms with Crippen LogP contribution in [-0.2, 0) is 6.54 Å². The summed E-state index contributed by atoms with van der Waals surface area (Å²) in [5.74, 6) is -0.0866. The molecule has 1 heterocycles. The van der Waals surface area contributed by atoms with Crippen molar-refractivity contribution in [3.05, 3.63) is 51.2 Å². The summed E-state index contributed by atoms with van der Waals surface area (Å²) in [6.07, 6.45) is 0. The van der Waals surface area contributed by atoms with Gasteiger partial charge in [0.15, 0.2) is 0 Å². The number of thiophene rings is 1. The molecule has 1 aromatic carbocycles. The maximum atomic E-state index is 12.0. The number of nitrogens with one attached hydrogen (secondary N) is 1. The van der Waals surface area contributed by atoms with Crippen LogP contribution in [0.2, 0.25) is 0 Å². The van der Waals surface area contributed by atoms with Crippen LogP contribution >= 0.6 is 11.3 Å². The molecule has 2 aromatic rings.